The van der Waals surface area contributed by atoms with Crippen molar-refractivity contribution in [3.8, 4) is 11.1 Å². The molecule has 0 aliphatic carbocycles. The van der Waals surface area contributed by atoms with E-state index in [4.69, 9.17) is 11.6 Å². The molecule has 0 bridgehead atoms. The summed E-state index contributed by atoms with van der Waals surface area (Å²) in [5.74, 6) is -2.64. The van der Waals surface area contributed by atoms with Crippen molar-refractivity contribution in [2.45, 2.75) is 18.9 Å². The Balaban J connectivity index is 1.55. The van der Waals surface area contributed by atoms with Crippen LogP contribution in [0.25, 0.3) is 11.1 Å². The van der Waals surface area contributed by atoms with Gasteiger partial charge in [0.1, 0.15) is 11.7 Å². The van der Waals surface area contributed by atoms with Crippen molar-refractivity contribution in [1.29, 1.82) is 0 Å². The molecular formula is C25H23ClF2N4O4S. The third kappa shape index (κ3) is 6.36. The summed E-state index contributed by atoms with van der Waals surface area (Å²) in [4.78, 5) is 26.5. The maximum atomic E-state index is 15.3. The first kappa shape index (κ1) is 26.4. The molecule has 0 radical (unpaired) electrons. The van der Waals surface area contributed by atoms with Crippen LogP contribution in [0.15, 0.2) is 60.7 Å². The molecule has 37 heavy (non-hydrogen) atoms. The number of amides is 3. The number of carbonyl (C=O) groups excluding carboxylic acids is 2. The van der Waals surface area contributed by atoms with Crippen molar-refractivity contribution in [3.63, 3.8) is 0 Å². The summed E-state index contributed by atoms with van der Waals surface area (Å²) >= 11 is 5.83. The fourth-order valence-corrected chi connectivity index (χ4v) is 4.80. The summed E-state index contributed by atoms with van der Waals surface area (Å²) in [5, 5.41) is 5.63. The molecule has 0 aromatic heterocycles. The van der Waals surface area contributed by atoms with Crippen LogP contribution in [0.3, 0.4) is 0 Å². The van der Waals surface area contributed by atoms with Crippen molar-refractivity contribution >= 4 is 50.6 Å². The van der Waals surface area contributed by atoms with E-state index in [1.807, 2.05) is 0 Å². The summed E-state index contributed by atoms with van der Waals surface area (Å²) in [6, 6.07) is 13.0. The van der Waals surface area contributed by atoms with Crippen molar-refractivity contribution in [1.82, 2.24) is 5.32 Å². The summed E-state index contributed by atoms with van der Waals surface area (Å²) in [6.07, 6.45) is 1.67. The molecule has 0 saturated carbocycles. The van der Waals surface area contributed by atoms with E-state index >= 15 is 8.78 Å². The van der Waals surface area contributed by atoms with Crippen molar-refractivity contribution < 1.29 is 26.8 Å². The van der Waals surface area contributed by atoms with Gasteiger partial charge in [-0.3, -0.25) is 9.52 Å². The molecule has 3 aromatic carbocycles. The third-order valence-electron chi connectivity index (χ3n) is 5.67. The van der Waals surface area contributed by atoms with E-state index in [0.29, 0.717) is 23.6 Å². The summed E-state index contributed by atoms with van der Waals surface area (Å²) in [7, 11) is -3.63. The molecular weight excluding hydrogens is 526 g/mol. The van der Waals surface area contributed by atoms with Gasteiger partial charge in [-0.2, -0.15) is 0 Å². The van der Waals surface area contributed by atoms with E-state index < -0.39 is 45.3 Å². The van der Waals surface area contributed by atoms with Gasteiger partial charge in [-0.1, -0.05) is 29.8 Å². The van der Waals surface area contributed by atoms with E-state index in [-0.39, 0.29) is 23.4 Å². The van der Waals surface area contributed by atoms with Crippen LogP contribution in [0.4, 0.5) is 30.6 Å². The summed E-state index contributed by atoms with van der Waals surface area (Å²) in [5.41, 5.74) is 0.432. The largest absolute Gasteiger partial charge is 0.326 e. The van der Waals surface area contributed by atoms with E-state index in [1.165, 1.54) is 12.1 Å². The molecule has 1 atom stereocenters. The van der Waals surface area contributed by atoms with E-state index in [0.717, 1.165) is 23.3 Å². The molecule has 194 valence electrons. The lowest BCUT2D eigenvalue weighted by molar-refractivity contribution is -0.121. The standard InChI is InChI=1S/C25H23ClF2N4O4S/c1-37(35,36)31-21-6-3-2-5-18(21)15-13-19(27)23(20(28)14-15)32-12-4-7-22(24(32)33)30-25(34)29-17-10-8-16(26)9-11-17/h2-3,5-6,8-11,13-14,22,31H,4,7,12H2,1H3,(H2,29,30,34). The number of carbonyl (C=O) groups is 2. The van der Waals surface area contributed by atoms with Crippen LogP contribution in [0.5, 0.6) is 0 Å². The summed E-state index contributed by atoms with van der Waals surface area (Å²) < 4.78 is 56.2. The minimum absolute atomic E-state index is 0.0647. The van der Waals surface area contributed by atoms with Crippen molar-refractivity contribution in [3.05, 3.63) is 77.3 Å². The number of anilines is 3. The van der Waals surface area contributed by atoms with Gasteiger partial charge in [0.25, 0.3) is 0 Å². The van der Waals surface area contributed by atoms with Gasteiger partial charge in [0.15, 0.2) is 11.6 Å². The van der Waals surface area contributed by atoms with Crippen LogP contribution in [0, 0.1) is 11.6 Å². The quantitative estimate of drug-likeness (QED) is 0.404. The molecule has 1 heterocycles. The number of hydrogen-bond acceptors (Lipinski definition) is 4. The first-order valence-corrected chi connectivity index (χ1v) is 13.5. The van der Waals surface area contributed by atoms with Crippen LogP contribution < -0.4 is 20.3 Å². The SMILES string of the molecule is CS(=O)(=O)Nc1ccccc1-c1cc(F)c(N2CCCC(NC(=O)Nc3ccc(Cl)cc3)C2=O)c(F)c1. The first-order chi connectivity index (χ1) is 17.5. The smallest absolute Gasteiger partial charge is 0.319 e. The van der Waals surface area contributed by atoms with Gasteiger partial charge < -0.3 is 15.5 Å². The second-order valence-electron chi connectivity index (χ2n) is 8.50. The number of nitrogens with zero attached hydrogens (tertiary/aromatic N) is 1. The van der Waals surface area contributed by atoms with Crippen molar-refractivity contribution in [2.24, 2.45) is 0 Å². The topological polar surface area (TPSA) is 108 Å². The van der Waals surface area contributed by atoms with Crippen LogP contribution in [-0.4, -0.2) is 39.2 Å². The van der Waals surface area contributed by atoms with Gasteiger partial charge >= 0.3 is 6.03 Å². The Labute approximate surface area is 217 Å². The average Bonchev–Trinajstić information content (AvgIpc) is 2.82. The molecule has 1 aliphatic rings. The molecule has 0 spiro atoms. The number of halogens is 3. The van der Waals surface area contributed by atoms with Gasteiger partial charge in [-0.15, -0.1) is 0 Å². The second-order valence-corrected chi connectivity index (χ2v) is 10.7. The molecule has 1 fully saturated rings. The highest BCUT2D eigenvalue weighted by Gasteiger charge is 2.34. The fourth-order valence-electron chi connectivity index (χ4n) is 4.09. The normalized spacial score (nSPS) is 15.8. The van der Waals surface area contributed by atoms with Crippen LogP contribution >= 0.6 is 11.6 Å². The molecule has 1 saturated heterocycles. The number of hydrogen-bond donors (Lipinski definition) is 3. The van der Waals surface area contributed by atoms with Gasteiger partial charge in [0, 0.05) is 22.8 Å². The Kier molecular flexibility index (Phi) is 7.65. The minimum Gasteiger partial charge on any atom is -0.326 e. The van der Waals surface area contributed by atoms with Crippen molar-refractivity contribution in [2.75, 3.05) is 27.7 Å². The Morgan fingerprint density at radius 3 is 2.35 bits per heavy atom. The Bertz CT molecular complexity index is 1430. The zero-order valence-electron chi connectivity index (χ0n) is 19.6. The highest BCUT2D eigenvalue weighted by Crippen LogP contribution is 2.35. The summed E-state index contributed by atoms with van der Waals surface area (Å²) in [6.45, 7) is 0.0647. The molecule has 4 rings (SSSR count). The van der Waals surface area contributed by atoms with E-state index in [2.05, 4.69) is 15.4 Å². The number of urea groups is 1. The van der Waals surface area contributed by atoms with Gasteiger partial charge in [-0.25, -0.2) is 22.0 Å². The van der Waals surface area contributed by atoms with Crippen LogP contribution in [0.2, 0.25) is 5.02 Å². The van der Waals surface area contributed by atoms with E-state index in [1.54, 1.807) is 36.4 Å². The number of sulfonamides is 1. The van der Waals surface area contributed by atoms with Gasteiger partial charge in [0.05, 0.1) is 11.9 Å². The number of benzene rings is 3. The molecule has 1 aliphatic heterocycles. The molecule has 3 aromatic rings. The Hall–Kier alpha value is -3.70. The Morgan fingerprint density at radius 1 is 1.05 bits per heavy atom. The van der Waals surface area contributed by atoms with Gasteiger partial charge in [0.2, 0.25) is 15.9 Å². The number of nitrogens with one attached hydrogen (secondary N) is 3. The number of para-hydroxylation sites is 1. The Morgan fingerprint density at radius 2 is 1.70 bits per heavy atom. The maximum absolute atomic E-state index is 15.3. The molecule has 3 amide bonds. The predicted molar refractivity (Wildman–Crippen MR) is 139 cm³/mol. The molecule has 8 nitrogen and oxygen atoms in total. The maximum Gasteiger partial charge on any atom is 0.319 e. The number of rotatable bonds is 6. The van der Waals surface area contributed by atoms with Crippen LogP contribution in [0.1, 0.15) is 12.8 Å². The molecule has 1 unspecified atom stereocenters. The highest BCUT2D eigenvalue weighted by atomic mass is 35.5. The highest BCUT2D eigenvalue weighted by molar-refractivity contribution is 7.92. The fraction of sp³-hybridized carbons (Fsp3) is 0.200. The second kappa shape index (κ2) is 10.7. The monoisotopic (exact) mass is 548 g/mol. The van der Waals surface area contributed by atoms with Crippen LogP contribution in [-0.2, 0) is 14.8 Å². The lowest BCUT2D eigenvalue weighted by atomic mass is 10.0. The average molecular weight is 549 g/mol. The van der Waals surface area contributed by atoms with E-state index in [9.17, 15) is 18.0 Å². The zero-order valence-corrected chi connectivity index (χ0v) is 21.2. The zero-order chi connectivity index (χ0) is 26.7. The molecule has 12 heteroatoms. The van der Waals surface area contributed by atoms with Gasteiger partial charge in [-0.05, 0) is 60.9 Å². The first-order valence-electron chi connectivity index (χ1n) is 11.2. The third-order valence-corrected chi connectivity index (χ3v) is 6.51. The molecule has 3 N–H and O–H groups in total. The lowest BCUT2D eigenvalue weighted by Gasteiger charge is -2.33. The minimum atomic E-state index is -3.63. The number of piperidine rings is 1. The predicted octanol–water partition coefficient (Wildman–Crippen LogP) is 4.97. The lowest BCUT2D eigenvalue weighted by Crippen LogP contribution is -2.53.